The van der Waals surface area contributed by atoms with Crippen molar-refractivity contribution < 1.29 is 14.2 Å². The van der Waals surface area contributed by atoms with E-state index >= 15 is 0 Å². The molecule has 7 heteroatoms. The van der Waals surface area contributed by atoms with Crippen molar-refractivity contribution >= 4 is 22.7 Å². The van der Waals surface area contributed by atoms with Gasteiger partial charge >= 0.3 is 0 Å². The lowest BCUT2D eigenvalue weighted by Crippen LogP contribution is -1.99. The lowest BCUT2D eigenvalue weighted by Gasteiger charge is -2.11. The minimum Gasteiger partial charge on any atom is -0.496 e. The zero-order valence-electron chi connectivity index (χ0n) is 14.7. The second-order valence-corrected chi connectivity index (χ2v) is 6.08. The molecular weight excluding hydrogens is 350 g/mol. The largest absolute Gasteiger partial charge is 0.496 e. The van der Waals surface area contributed by atoms with Crippen LogP contribution in [0, 0.1) is 0 Å². The van der Waals surface area contributed by atoms with Crippen LogP contribution in [-0.2, 0) is 0 Å². The van der Waals surface area contributed by atoms with E-state index in [1.54, 1.807) is 39.7 Å². The van der Waals surface area contributed by atoms with Crippen molar-refractivity contribution in [1.29, 1.82) is 0 Å². The number of hydrogen-bond acceptors (Lipinski definition) is 7. The van der Waals surface area contributed by atoms with Gasteiger partial charge in [0.2, 0.25) is 5.13 Å². The van der Waals surface area contributed by atoms with Gasteiger partial charge < -0.3 is 14.2 Å². The molecule has 3 rings (SSSR count). The number of methoxy groups -OCH3 is 3. The Bertz CT molecular complexity index is 869. The maximum Gasteiger partial charge on any atom is 0.203 e. The lowest BCUT2D eigenvalue weighted by molar-refractivity contribution is 0.374. The van der Waals surface area contributed by atoms with Crippen LogP contribution in [0.2, 0.25) is 0 Å². The summed E-state index contributed by atoms with van der Waals surface area (Å²) >= 11 is 1.49. The minimum absolute atomic E-state index is 0.607. The van der Waals surface area contributed by atoms with Crippen molar-refractivity contribution in [2.75, 3.05) is 26.8 Å². The van der Waals surface area contributed by atoms with Crippen LogP contribution >= 0.6 is 11.3 Å². The molecule has 1 heterocycles. The van der Waals surface area contributed by atoms with E-state index in [9.17, 15) is 0 Å². The number of ether oxygens (including phenoxy) is 3. The highest BCUT2D eigenvalue weighted by atomic mass is 32.1. The summed E-state index contributed by atoms with van der Waals surface area (Å²) in [6, 6.07) is 13.6. The summed E-state index contributed by atoms with van der Waals surface area (Å²) in [5, 5.41) is 6.95. The van der Waals surface area contributed by atoms with E-state index < -0.39 is 0 Å². The van der Waals surface area contributed by atoms with Gasteiger partial charge in [-0.3, -0.25) is 5.43 Å². The van der Waals surface area contributed by atoms with E-state index in [2.05, 4.69) is 15.5 Å². The first-order chi connectivity index (χ1) is 12.7. The van der Waals surface area contributed by atoms with E-state index in [1.165, 1.54) is 11.3 Å². The molecule has 1 N–H and O–H groups in total. The average Bonchev–Trinajstić information content (AvgIpc) is 3.17. The Kier molecular flexibility index (Phi) is 5.70. The fourth-order valence-electron chi connectivity index (χ4n) is 2.38. The monoisotopic (exact) mass is 369 g/mol. The van der Waals surface area contributed by atoms with Crippen molar-refractivity contribution in [3.63, 3.8) is 0 Å². The van der Waals surface area contributed by atoms with Crippen molar-refractivity contribution in [2.45, 2.75) is 0 Å². The van der Waals surface area contributed by atoms with Crippen molar-refractivity contribution in [3.8, 4) is 28.5 Å². The van der Waals surface area contributed by atoms with Crippen LogP contribution in [0.3, 0.4) is 0 Å². The number of hydrogen-bond donors (Lipinski definition) is 1. The molecule has 3 aromatic rings. The van der Waals surface area contributed by atoms with Gasteiger partial charge in [-0.2, -0.15) is 5.10 Å². The highest BCUT2D eigenvalue weighted by molar-refractivity contribution is 7.14. The molecule has 6 nitrogen and oxygen atoms in total. The molecule has 0 spiro atoms. The molecule has 0 saturated heterocycles. The summed E-state index contributed by atoms with van der Waals surface area (Å²) < 4.78 is 16.1. The Labute approximate surface area is 156 Å². The zero-order valence-corrected chi connectivity index (χ0v) is 15.5. The van der Waals surface area contributed by atoms with Crippen molar-refractivity contribution in [1.82, 2.24) is 4.98 Å². The quantitative estimate of drug-likeness (QED) is 0.497. The number of thiazole rings is 1. The van der Waals surface area contributed by atoms with Gasteiger partial charge in [0.25, 0.3) is 0 Å². The number of nitrogens with one attached hydrogen (secondary N) is 1. The predicted molar refractivity (Wildman–Crippen MR) is 105 cm³/mol. The van der Waals surface area contributed by atoms with E-state index in [0.29, 0.717) is 27.9 Å². The predicted octanol–water partition coefficient (Wildman–Crippen LogP) is 4.28. The second kappa shape index (κ2) is 8.35. The van der Waals surface area contributed by atoms with E-state index in [-0.39, 0.29) is 0 Å². The molecule has 1 aromatic heterocycles. The summed E-state index contributed by atoms with van der Waals surface area (Å²) in [6.07, 6.45) is 1.64. The zero-order chi connectivity index (χ0) is 18.4. The topological polar surface area (TPSA) is 65.0 Å². The third kappa shape index (κ3) is 3.94. The molecule has 134 valence electrons. The number of anilines is 1. The van der Waals surface area contributed by atoms with E-state index in [1.807, 2.05) is 35.7 Å². The molecule has 0 atom stereocenters. The van der Waals surface area contributed by atoms with Gasteiger partial charge in [0.1, 0.15) is 17.2 Å². The molecule has 0 radical (unpaired) electrons. The maximum absolute atomic E-state index is 5.40. The Balaban J connectivity index is 1.78. The minimum atomic E-state index is 0.607. The first-order valence-electron chi connectivity index (χ1n) is 7.85. The molecule has 0 bridgehead atoms. The van der Waals surface area contributed by atoms with Crippen molar-refractivity contribution in [2.24, 2.45) is 5.10 Å². The van der Waals surface area contributed by atoms with Gasteiger partial charge in [0.15, 0.2) is 0 Å². The van der Waals surface area contributed by atoms with Crippen LogP contribution in [0.5, 0.6) is 17.2 Å². The maximum atomic E-state index is 5.40. The average molecular weight is 369 g/mol. The molecule has 0 saturated carbocycles. The van der Waals surface area contributed by atoms with Gasteiger partial charge in [-0.25, -0.2) is 4.98 Å². The fraction of sp³-hybridized carbons (Fsp3) is 0.158. The highest BCUT2D eigenvalue weighted by Crippen LogP contribution is 2.32. The smallest absolute Gasteiger partial charge is 0.203 e. The van der Waals surface area contributed by atoms with Gasteiger partial charge in [-0.1, -0.05) is 30.3 Å². The summed E-state index contributed by atoms with van der Waals surface area (Å²) in [4.78, 5) is 4.54. The molecule has 0 fully saturated rings. The third-order valence-corrected chi connectivity index (χ3v) is 4.43. The molecule has 0 amide bonds. The first kappa shape index (κ1) is 17.8. The normalized spacial score (nSPS) is 10.7. The number of nitrogens with zero attached hydrogens (tertiary/aromatic N) is 2. The third-order valence-electron chi connectivity index (χ3n) is 3.68. The summed E-state index contributed by atoms with van der Waals surface area (Å²) in [7, 11) is 4.77. The van der Waals surface area contributed by atoms with Crippen LogP contribution in [0.15, 0.2) is 52.9 Å². The molecular formula is C19H19N3O3S. The van der Waals surface area contributed by atoms with Crippen LogP contribution in [0.1, 0.15) is 5.56 Å². The highest BCUT2D eigenvalue weighted by Gasteiger charge is 2.11. The molecule has 0 unspecified atom stereocenters. The summed E-state index contributed by atoms with van der Waals surface area (Å²) in [6.45, 7) is 0. The van der Waals surface area contributed by atoms with E-state index in [0.717, 1.165) is 11.3 Å². The number of benzene rings is 2. The Morgan fingerprint density at radius 2 is 1.69 bits per heavy atom. The first-order valence-corrected chi connectivity index (χ1v) is 8.73. The molecule has 2 aromatic carbocycles. The molecule has 0 aliphatic heterocycles. The standard InChI is InChI=1S/C19H19N3O3S/c1-23-14-9-17(24-2)15(18(10-14)25-3)11-20-22-19-21-16(12-26-19)13-7-5-4-6-8-13/h4-12H,1-3H3,(H,21,22). The Morgan fingerprint density at radius 1 is 1.00 bits per heavy atom. The van der Waals surface area contributed by atoms with Crippen LogP contribution < -0.4 is 19.6 Å². The van der Waals surface area contributed by atoms with Gasteiger partial charge in [0, 0.05) is 23.1 Å². The Morgan fingerprint density at radius 3 is 2.31 bits per heavy atom. The lowest BCUT2D eigenvalue weighted by atomic mass is 10.2. The molecule has 26 heavy (non-hydrogen) atoms. The molecule has 0 aliphatic rings. The number of rotatable bonds is 7. The summed E-state index contributed by atoms with van der Waals surface area (Å²) in [5.74, 6) is 1.86. The Hall–Kier alpha value is -3.06. The van der Waals surface area contributed by atoms with Gasteiger partial charge in [0.05, 0.1) is 38.8 Å². The van der Waals surface area contributed by atoms with Gasteiger partial charge in [-0.05, 0) is 0 Å². The molecule has 0 aliphatic carbocycles. The van der Waals surface area contributed by atoms with Crippen LogP contribution in [-0.4, -0.2) is 32.5 Å². The van der Waals surface area contributed by atoms with Crippen molar-refractivity contribution in [3.05, 3.63) is 53.4 Å². The van der Waals surface area contributed by atoms with Crippen LogP contribution in [0.4, 0.5) is 5.13 Å². The number of hydrazone groups is 1. The second-order valence-electron chi connectivity index (χ2n) is 5.22. The van der Waals surface area contributed by atoms with E-state index in [4.69, 9.17) is 14.2 Å². The number of aromatic nitrogens is 1. The van der Waals surface area contributed by atoms with Gasteiger partial charge in [-0.15, -0.1) is 11.3 Å². The SMILES string of the molecule is COc1cc(OC)c(C=NNc2nc(-c3ccccc3)cs2)c(OC)c1. The fourth-order valence-corrected chi connectivity index (χ4v) is 3.05. The van der Waals surface area contributed by atoms with Crippen LogP contribution in [0.25, 0.3) is 11.3 Å². The summed E-state index contributed by atoms with van der Waals surface area (Å²) in [5.41, 5.74) is 5.64.